The topological polar surface area (TPSA) is 81.2 Å². The molecule has 0 aliphatic heterocycles. The highest BCUT2D eigenvalue weighted by molar-refractivity contribution is 6.32. The molecule has 0 fully saturated rings. The summed E-state index contributed by atoms with van der Waals surface area (Å²) < 4.78 is 10.6. The fraction of sp³-hybridized carbons (Fsp3) is 0.211. The zero-order valence-corrected chi connectivity index (χ0v) is 16.0. The molecule has 0 amide bonds. The smallest absolute Gasteiger partial charge is 0.249 e. The van der Waals surface area contributed by atoms with Gasteiger partial charge in [-0.05, 0) is 12.5 Å². The van der Waals surface area contributed by atoms with Crippen molar-refractivity contribution in [1.29, 1.82) is 0 Å². The number of aryl methyl sites for hydroxylation is 1. The van der Waals surface area contributed by atoms with E-state index >= 15 is 0 Å². The summed E-state index contributed by atoms with van der Waals surface area (Å²) in [6.07, 6.45) is 1.57. The number of nitrogens with zero attached hydrogens (tertiary/aromatic N) is 3. The molecule has 1 heterocycles. The van der Waals surface area contributed by atoms with Gasteiger partial charge in [-0.1, -0.05) is 41.4 Å². The highest BCUT2D eigenvalue weighted by Crippen LogP contribution is 2.36. The third-order valence-electron chi connectivity index (χ3n) is 3.87. The average molecular weight is 386 g/mol. The number of hydrogen-bond donors (Lipinski definition) is 2. The molecule has 0 bridgehead atoms. The molecule has 1 aromatic heterocycles. The zero-order chi connectivity index (χ0) is 19.2. The molecule has 0 radical (unpaired) electrons. The van der Waals surface area contributed by atoms with E-state index in [2.05, 4.69) is 57.0 Å². The zero-order valence-electron chi connectivity index (χ0n) is 15.3. The quantitative estimate of drug-likeness (QED) is 0.630. The Bertz CT molecular complexity index is 918. The van der Waals surface area contributed by atoms with E-state index in [1.165, 1.54) is 5.56 Å². The van der Waals surface area contributed by atoms with Crippen LogP contribution in [0.2, 0.25) is 5.02 Å². The Balaban J connectivity index is 1.75. The van der Waals surface area contributed by atoms with Crippen molar-refractivity contribution in [1.82, 2.24) is 15.2 Å². The lowest BCUT2D eigenvalue weighted by atomic mass is 10.1. The van der Waals surface area contributed by atoms with Crippen LogP contribution in [0.4, 0.5) is 17.5 Å². The number of anilines is 3. The van der Waals surface area contributed by atoms with Gasteiger partial charge in [-0.25, -0.2) is 0 Å². The first-order valence-corrected chi connectivity index (χ1v) is 8.64. The number of nitrogens with one attached hydrogen (secondary N) is 2. The maximum atomic E-state index is 6.13. The molecule has 0 saturated carbocycles. The normalized spacial score (nSPS) is 10.4. The summed E-state index contributed by atoms with van der Waals surface area (Å²) in [5.41, 5.74) is 3.00. The van der Waals surface area contributed by atoms with Crippen LogP contribution < -0.4 is 20.1 Å². The monoisotopic (exact) mass is 385 g/mol. The summed E-state index contributed by atoms with van der Waals surface area (Å²) >= 11 is 6.13. The summed E-state index contributed by atoms with van der Waals surface area (Å²) in [5, 5.41) is 14.8. The van der Waals surface area contributed by atoms with E-state index < -0.39 is 0 Å². The van der Waals surface area contributed by atoms with Crippen LogP contribution in [-0.4, -0.2) is 29.4 Å². The van der Waals surface area contributed by atoms with Crippen molar-refractivity contribution in [3.8, 4) is 11.5 Å². The number of benzene rings is 2. The van der Waals surface area contributed by atoms with Crippen LogP contribution >= 0.6 is 11.6 Å². The molecule has 0 aliphatic rings. The van der Waals surface area contributed by atoms with Crippen molar-refractivity contribution in [3.63, 3.8) is 0 Å². The van der Waals surface area contributed by atoms with Gasteiger partial charge in [-0.3, -0.25) is 0 Å². The third kappa shape index (κ3) is 4.77. The van der Waals surface area contributed by atoms with Crippen molar-refractivity contribution in [2.75, 3.05) is 24.9 Å². The van der Waals surface area contributed by atoms with E-state index in [4.69, 9.17) is 21.1 Å². The van der Waals surface area contributed by atoms with Crippen LogP contribution in [0.25, 0.3) is 0 Å². The molecule has 3 aromatic rings. The summed E-state index contributed by atoms with van der Waals surface area (Å²) in [6, 6.07) is 11.7. The maximum absolute atomic E-state index is 6.13. The van der Waals surface area contributed by atoms with Crippen LogP contribution in [0.5, 0.6) is 11.5 Å². The number of hydrogen-bond acceptors (Lipinski definition) is 7. The Morgan fingerprint density at radius 1 is 1.04 bits per heavy atom. The van der Waals surface area contributed by atoms with E-state index in [1.54, 1.807) is 32.5 Å². The van der Waals surface area contributed by atoms with Crippen molar-refractivity contribution in [3.05, 3.63) is 58.7 Å². The maximum Gasteiger partial charge on any atom is 0.249 e. The highest BCUT2D eigenvalue weighted by Gasteiger charge is 2.12. The van der Waals surface area contributed by atoms with Crippen molar-refractivity contribution in [2.45, 2.75) is 13.5 Å². The van der Waals surface area contributed by atoms with E-state index in [-0.39, 0.29) is 0 Å². The van der Waals surface area contributed by atoms with Gasteiger partial charge < -0.3 is 20.1 Å². The molecule has 0 atom stereocenters. The Hall–Kier alpha value is -3.06. The second-order valence-electron chi connectivity index (χ2n) is 5.82. The first kappa shape index (κ1) is 18.7. The van der Waals surface area contributed by atoms with E-state index in [0.29, 0.717) is 40.5 Å². The van der Waals surface area contributed by atoms with E-state index in [0.717, 1.165) is 5.56 Å². The summed E-state index contributed by atoms with van der Waals surface area (Å²) in [4.78, 5) is 4.43. The van der Waals surface area contributed by atoms with Crippen LogP contribution in [0.15, 0.2) is 42.6 Å². The number of aromatic nitrogens is 3. The van der Waals surface area contributed by atoms with Crippen LogP contribution in [-0.2, 0) is 6.54 Å². The summed E-state index contributed by atoms with van der Waals surface area (Å²) in [5.74, 6) is 1.99. The van der Waals surface area contributed by atoms with Gasteiger partial charge in [0.1, 0.15) is 11.5 Å². The number of halogens is 1. The first-order valence-electron chi connectivity index (χ1n) is 8.26. The van der Waals surface area contributed by atoms with Crippen molar-refractivity contribution in [2.24, 2.45) is 0 Å². The fourth-order valence-electron chi connectivity index (χ4n) is 2.42. The first-order chi connectivity index (χ1) is 13.1. The Morgan fingerprint density at radius 3 is 2.48 bits per heavy atom. The van der Waals surface area contributed by atoms with Gasteiger partial charge >= 0.3 is 0 Å². The molecule has 3 rings (SSSR count). The van der Waals surface area contributed by atoms with Crippen molar-refractivity contribution < 1.29 is 9.47 Å². The van der Waals surface area contributed by atoms with Crippen LogP contribution in [0.1, 0.15) is 11.1 Å². The lowest BCUT2D eigenvalue weighted by molar-refractivity contribution is 0.405. The number of ether oxygens (including phenoxy) is 2. The van der Waals surface area contributed by atoms with Gasteiger partial charge in [-0.15, -0.1) is 5.10 Å². The number of rotatable bonds is 7. The van der Waals surface area contributed by atoms with Crippen molar-refractivity contribution >= 4 is 29.1 Å². The van der Waals surface area contributed by atoms with Gasteiger partial charge in [0.05, 0.1) is 31.1 Å². The molecule has 2 N–H and O–H groups in total. The van der Waals surface area contributed by atoms with E-state index in [1.807, 2.05) is 0 Å². The second-order valence-corrected chi connectivity index (χ2v) is 6.22. The Labute approximate surface area is 162 Å². The van der Waals surface area contributed by atoms with Gasteiger partial charge in [0.2, 0.25) is 5.95 Å². The molecule has 0 spiro atoms. The molecule has 0 unspecified atom stereocenters. The second kappa shape index (κ2) is 8.55. The SMILES string of the molecule is COc1cc(Nc2nncc(NCc3ccc(C)cc3)n2)c(OC)cc1Cl. The summed E-state index contributed by atoms with van der Waals surface area (Å²) in [6.45, 7) is 2.69. The molecule has 2 aromatic carbocycles. The average Bonchev–Trinajstić information content (AvgIpc) is 2.69. The molecule has 7 nitrogen and oxygen atoms in total. The lowest BCUT2D eigenvalue weighted by Crippen LogP contribution is -2.06. The van der Waals surface area contributed by atoms with Gasteiger partial charge in [-0.2, -0.15) is 10.1 Å². The lowest BCUT2D eigenvalue weighted by Gasteiger charge is -2.13. The molecule has 0 aliphatic carbocycles. The Kier molecular flexibility index (Phi) is 5.93. The highest BCUT2D eigenvalue weighted by atomic mass is 35.5. The number of methoxy groups -OCH3 is 2. The molecule has 0 saturated heterocycles. The summed E-state index contributed by atoms with van der Waals surface area (Å²) in [7, 11) is 3.10. The predicted octanol–water partition coefficient (Wildman–Crippen LogP) is 4.21. The molecule has 140 valence electrons. The van der Waals surface area contributed by atoms with Gasteiger partial charge in [0.15, 0.2) is 5.82 Å². The standard InChI is InChI=1S/C19H20ClN5O2/c1-12-4-6-13(7-5-12)10-21-18-11-22-25-19(24-18)23-15-9-16(26-2)14(20)8-17(15)27-3/h4-9,11H,10H2,1-3H3,(H2,21,23,24,25). The third-order valence-corrected chi connectivity index (χ3v) is 4.17. The molecular weight excluding hydrogens is 366 g/mol. The minimum Gasteiger partial charge on any atom is -0.495 e. The minimum absolute atomic E-state index is 0.326. The van der Waals surface area contributed by atoms with E-state index in [9.17, 15) is 0 Å². The van der Waals surface area contributed by atoms with Gasteiger partial charge in [0.25, 0.3) is 0 Å². The fourth-order valence-corrected chi connectivity index (χ4v) is 2.65. The molecule has 27 heavy (non-hydrogen) atoms. The van der Waals surface area contributed by atoms with Crippen LogP contribution in [0, 0.1) is 6.92 Å². The molecule has 8 heteroatoms. The largest absolute Gasteiger partial charge is 0.495 e. The van der Waals surface area contributed by atoms with Gasteiger partial charge in [0, 0.05) is 18.7 Å². The predicted molar refractivity (Wildman–Crippen MR) is 106 cm³/mol. The minimum atomic E-state index is 0.326. The van der Waals surface area contributed by atoms with Crippen LogP contribution in [0.3, 0.4) is 0 Å². The molecular formula is C19H20ClN5O2. The Morgan fingerprint density at radius 2 is 1.78 bits per heavy atom.